The van der Waals surface area contributed by atoms with E-state index >= 15 is 0 Å². The molecule has 2 aromatic heterocycles. The van der Waals surface area contributed by atoms with Gasteiger partial charge >= 0.3 is 0 Å². The molecule has 0 unspecified atom stereocenters. The van der Waals surface area contributed by atoms with Gasteiger partial charge in [0, 0.05) is 24.0 Å². The highest BCUT2D eigenvalue weighted by Gasteiger charge is 2.29. The van der Waals surface area contributed by atoms with Crippen molar-refractivity contribution in [2.75, 3.05) is 5.75 Å². The number of hydrogen-bond donors (Lipinski definition) is 0. The van der Waals surface area contributed by atoms with Crippen LogP contribution >= 0.6 is 23.1 Å². The van der Waals surface area contributed by atoms with Gasteiger partial charge in [-0.05, 0) is 57.9 Å². The molecule has 0 spiro atoms. The smallest absolute Gasteiger partial charge is 0.262 e. The Balaban J connectivity index is 1.57. The summed E-state index contributed by atoms with van der Waals surface area (Å²) >= 11 is 3.04. The maximum Gasteiger partial charge on any atom is 0.262 e. The lowest BCUT2D eigenvalue weighted by molar-refractivity contribution is -0.134. The molecule has 1 saturated heterocycles. The summed E-state index contributed by atoms with van der Waals surface area (Å²) in [5.41, 5.74) is 1.24. The van der Waals surface area contributed by atoms with Crippen molar-refractivity contribution in [1.82, 2.24) is 14.5 Å². The molecule has 4 rings (SSSR count). The Labute approximate surface area is 161 Å². The van der Waals surface area contributed by atoms with Crippen molar-refractivity contribution < 1.29 is 4.79 Å². The number of rotatable bonds is 3. The maximum atomic E-state index is 12.8. The maximum absolute atomic E-state index is 12.8. The first-order valence-corrected chi connectivity index (χ1v) is 11.2. The Morgan fingerprint density at radius 3 is 2.69 bits per heavy atom. The molecule has 1 aliphatic carbocycles. The Morgan fingerprint density at radius 2 is 1.96 bits per heavy atom. The molecule has 0 saturated carbocycles. The molecule has 2 atom stereocenters. The second-order valence-electron chi connectivity index (χ2n) is 7.51. The molecule has 7 heteroatoms. The van der Waals surface area contributed by atoms with Gasteiger partial charge in [0.15, 0.2) is 5.16 Å². The SMILES string of the molecule is C[C@@H]1CCC[C@@H](C)N1C(=O)CSc1nc2sc3c(c2c(=O)n1C)CCC3. The number of nitrogens with zero attached hydrogens (tertiary/aromatic N) is 3. The Morgan fingerprint density at radius 1 is 1.23 bits per heavy atom. The zero-order valence-corrected chi connectivity index (χ0v) is 17.2. The number of carbonyl (C=O) groups excluding carboxylic acids is 1. The van der Waals surface area contributed by atoms with Crippen LogP contribution in [0.5, 0.6) is 0 Å². The first-order chi connectivity index (χ1) is 12.5. The fourth-order valence-corrected chi connectivity index (χ4v) is 6.49. The van der Waals surface area contributed by atoms with Crippen LogP contribution in [0.3, 0.4) is 0 Å². The van der Waals surface area contributed by atoms with Crippen LogP contribution in [-0.2, 0) is 24.7 Å². The molecular weight excluding hydrogens is 366 g/mol. The van der Waals surface area contributed by atoms with E-state index in [2.05, 4.69) is 13.8 Å². The molecule has 0 aromatic carbocycles. The van der Waals surface area contributed by atoms with Gasteiger partial charge in [-0.25, -0.2) is 4.98 Å². The second kappa shape index (κ2) is 7.00. The molecule has 3 heterocycles. The quantitative estimate of drug-likeness (QED) is 0.595. The lowest BCUT2D eigenvalue weighted by Gasteiger charge is -2.39. The van der Waals surface area contributed by atoms with E-state index in [4.69, 9.17) is 4.98 Å². The number of aromatic nitrogens is 2. The monoisotopic (exact) mass is 391 g/mol. The summed E-state index contributed by atoms with van der Waals surface area (Å²) in [6, 6.07) is 0.595. The standard InChI is InChI=1S/C19H25N3O2S2/c1-11-6-4-7-12(2)22(11)15(23)10-25-19-20-17-16(18(24)21(19)3)13-8-5-9-14(13)26-17/h11-12H,4-10H2,1-3H3/t11-,12-/m1/s1. The summed E-state index contributed by atoms with van der Waals surface area (Å²) in [6.07, 6.45) is 6.52. The van der Waals surface area contributed by atoms with E-state index in [1.54, 1.807) is 23.0 Å². The molecule has 1 fully saturated rings. The molecule has 0 N–H and O–H groups in total. The molecule has 0 radical (unpaired) electrons. The molecular formula is C19H25N3O2S2. The largest absolute Gasteiger partial charge is 0.337 e. The first kappa shape index (κ1) is 18.0. The summed E-state index contributed by atoms with van der Waals surface area (Å²) in [7, 11) is 1.77. The van der Waals surface area contributed by atoms with Gasteiger partial charge in [0.1, 0.15) is 4.83 Å². The molecule has 2 aromatic rings. The third-order valence-corrected chi connectivity index (χ3v) is 7.91. The third-order valence-electron chi connectivity index (χ3n) is 5.71. The highest BCUT2D eigenvalue weighted by molar-refractivity contribution is 7.99. The number of aryl methyl sites for hydroxylation is 2. The van der Waals surface area contributed by atoms with Crippen LogP contribution in [0.15, 0.2) is 9.95 Å². The highest BCUT2D eigenvalue weighted by Crippen LogP contribution is 2.35. The van der Waals surface area contributed by atoms with Crippen LogP contribution in [0.25, 0.3) is 10.2 Å². The molecule has 2 aliphatic rings. The van der Waals surface area contributed by atoms with Gasteiger partial charge in [0.05, 0.1) is 11.1 Å². The number of thioether (sulfide) groups is 1. The minimum Gasteiger partial charge on any atom is -0.337 e. The zero-order valence-electron chi connectivity index (χ0n) is 15.6. The van der Waals surface area contributed by atoms with Crippen LogP contribution in [0.1, 0.15) is 50.0 Å². The molecule has 5 nitrogen and oxygen atoms in total. The summed E-state index contributed by atoms with van der Waals surface area (Å²) in [4.78, 5) is 34.5. The van der Waals surface area contributed by atoms with Crippen LogP contribution in [0.2, 0.25) is 0 Å². The van der Waals surface area contributed by atoms with Crippen molar-refractivity contribution in [3.05, 3.63) is 20.8 Å². The molecule has 0 bridgehead atoms. The van der Waals surface area contributed by atoms with E-state index in [0.717, 1.165) is 42.3 Å². The van der Waals surface area contributed by atoms with Crippen LogP contribution in [-0.4, -0.2) is 38.2 Å². The normalized spacial score (nSPS) is 22.8. The topological polar surface area (TPSA) is 55.2 Å². The van der Waals surface area contributed by atoms with Crippen LogP contribution < -0.4 is 5.56 Å². The van der Waals surface area contributed by atoms with Crippen molar-refractivity contribution in [3.63, 3.8) is 0 Å². The molecule has 1 aliphatic heterocycles. The van der Waals surface area contributed by atoms with Crippen molar-refractivity contribution in [2.45, 2.75) is 69.6 Å². The van der Waals surface area contributed by atoms with Crippen LogP contribution in [0, 0.1) is 0 Å². The van der Waals surface area contributed by atoms with Crippen molar-refractivity contribution in [1.29, 1.82) is 0 Å². The van der Waals surface area contributed by atoms with E-state index in [9.17, 15) is 9.59 Å². The van der Waals surface area contributed by atoms with Gasteiger partial charge in [0.25, 0.3) is 5.56 Å². The van der Waals surface area contributed by atoms with E-state index in [1.165, 1.54) is 28.6 Å². The predicted octanol–water partition coefficient (Wildman–Crippen LogP) is 3.37. The third kappa shape index (κ3) is 2.99. The number of fused-ring (bicyclic) bond motifs is 3. The van der Waals surface area contributed by atoms with E-state index in [1.807, 2.05) is 4.90 Å². The van der Waals surface area contributed by atoms with Gasteiger partial charge < -0.3 is 4.90 Å². The van der Waals surface area contributed by atoms with Gasteiger partial charge in [-0.3, -0.25) is 14.2 Å². The Bertz CT molecular complexity index is 908. The second-order valence-corrected chi connectivity index (χ2v) is 9.54. The van der Waals surface area contributed by atoms with Gasteiger partial charge in [-0.2, -0.15) is 0 Å². The summed E-state index contributed by atoms with van der Waals surface area (Å²) in [5.74, 6) is 0.490. The van der Waals surface area contributed by atoms with E-state index < -0.39 is 0 Å². The number of carbonyl (C=O) groups is 1. The minimum atomic E-state index is 0.0315. The molecule has 1 amide bonds. The Kier molecular flexibility index (Phi) is 4.86. The summed E-state index contributed by atoms with van der Waals surface area (Å²) in [5, 5.41) is 1.45. The lowest BCUT2D eigenvalue weighted by atomic mass is 9.98. The van der Waals surface area contributed by atoms with E-state index in [0.29, 0.717) is 23.0 Å². The average molecular weight is 392 g/mol. The number of thiophene rings is 1. The predicted molar refractivity (Wildman–Crippen MR) is 107 cm³/mol. The summed E-state index contributed by atoms with van der Waals surface area (Å²) in [6.45, 7) is 4.26. The summed E-state index contributed by atoms with van der Waals surface area (Å²) < 4.78 is 1.62. The zero-order chi connectivity index (χ0) is 18.4. The number of likely N-dealkylation sites (tertiary alicyclic amines) is 1. The molecule has 26 heavy (non-hydrogen) atoms. The number of amides is 1. The Hall–Kier alpha value is -1.34. The van der Waals surface area contributed by atoms with Crippen molar-refractivity contribution >= 4 is 39.2 Å². The first-order valence-electron chi connectivity index (χ1n) is 9.42. The number of hydrogen-bond acceptors (Lipinski definition) is 5. The number of piperidine rings is 1. The van der Waals surface area contributed by atoms with Crippen LogP contribution in [0.4, 0.5) is 0 Å². The van der Waals surface area contributed by atoms with E-state index in [-0.39, 0.29) is 11.5 Å². The van der Waals surface area contributed by atoms with Gasteiger partial charge in [0.2, 0.25) is 5.91 Å². The average Bonchev–Trinajstić information content (AvgIpc) is 3.17. The fraction of sp³-hybridized carbons (Fsp3) is 0.632. The lowest BCUT2D eigenvalue weighted by Crippen LogP contribution is -2.48. The molecule has 140 valence electrons. The van der Waals surface area contributed by atoms with Gasteiger partial charge in [-0.15, -0.1) is 11.3 Å². The van der Waals surface area contributed by atoms with Crippen molar-refractivity contribution in [3.8, 4) is 0 Å². The van der Waals surface area contributed by atoms with Crippen molar-refractivity contribution in [2.24, 2.45) is 7.05 Å². The minimum absolute atomic E-state index is 0.0315. The van der Waals surface area contributed by atoms with Gasteiger partial charge in [-0.1, -0.05) is 11.8 Å². The fourth-order valence-electron chi connectivity index (χ4n) is 4.35. The highest BCUT2D eigenvalue weighted by atomic mass is 32.2.